The van der Waals surface area contributed by atoms with Crippen molar-refractivity contribution in [3.05, 3.63) is 59.2 Å². The molecular formula is C20H23NO6S. The van der Waals surface area contributed by atoms with Crippen LogP contribution in [0.5, 0.6) is 5.75 Å². The van der Waals surface area contributed by atoms with E-state index in [9.17, 15) is 18.0 Å². The molecule has 1 N–H and O–H groups in total. The number of carbonyl (C=O) groups is 2. The zero-order chi connectivity index (χ0) is 20.9. The van der Waals surface area contributed by atoms with Crippen LogP contribution in [-0.4, -0.2) is 32.9 Å². The Morgan fingerprint density at radius 3 is 2.32 bits per heavy atom. The van der Waals surface area contributed by atoms with Gasteiger partial charge in [0.2, 0.25) is 0 Å². The van der Waals surface area contributed by atoms with E-state index in [1.54, 1.807) is 32.9 Å². The van der Waals surface area contributed by atoms with Gasteiger partial charge in [-0.2, -0.15) is 8.42 Å². The molecule has 1 amide bonds. The lowest BCUT2D eigenvalue weighted by molar-refractivity contribution is -0.128. The summed E-state index contributed by atoms with van der Waals surface area (Å²) in [5, 5.41) is 2.56. The summed E-state index contributed by atoms with van der Waals surface area (Å²) in [7, 11) is -4.01. The quantitative estimate of drug-likeness (QED) is 0.562. The van der Waals surface area contributed by atoms with Gasteiger partial charge in [0.1, 0.15) is 10.6 Å². The predicted molar refractivity (Wildman–Crippen MR) is 104 cm³/mol. The van der Waals surface area contributed by atoms with E-state index in [4.69, 9.17) is 8.92 Å². The number of hydrogen-bond donors (Lipinski definition) is 1. The van der Waals surface area contributed by atoms with Crippen LogP contribution in [0.15, 0.2) is 47.4 Å². The molecule has 0 radical (unpaired) electrons. The summed E-state index contributed by atoms with van der Waals surface area (Å²) < 4.78 is 35.3. The van der Waals surface area contributed by atoms with Crippen molar-refractivity contribution in [1.29, 1.82) is 0 Å². The molecule has 2 rings (SSSR count). The summed E-state index contributed by atoms with van der Waals surface area (Å²) in [6.07, 6.45) is -0.937. The van der Waals surface area contributed by atoms with Crippen molar-refractivity contribution < 1.29 is 26.9 Å². The number of likely N-dealkylation sites (N-methyl/N-ethyl adjacent to an activating group) is 1. The van der Waals surface area contributed by atoms with Crippen molar-refractivity contribution in [2.45, 2.75) is 38.7 Å². The minimum Gasteiger partial charge on any atom is -0.449 e. The normalized spacial score (nSPS) is 12.1. The second-order valence-electron chi connectivity index (χ2n) is 6.27. The molecule has 0 saturated heterocycles. The van der Waals surface area contributed by atoms with Crippen molar-refractivity contribution >= 4 is 22.0 Å². The lowest BCUT2D eigenvalue weighted by atomic mass is 10.2. The molecule has 0 aliphatic carbocycles. The fourth-order valence-corrected chi connectivity index (χ4v) is 3.64. The summed E-state index contributed by atoms with van der Waals surface area (Å²) in [6, 6.07) is 10.5. The van der Waals surface area contributed by atoms with Gasteiger partial charge >= 0.3 is 16.1 Å². The van der Waals surface area contributed by atoms with Crippen molar-refractivity contribution in [1.82, 2.24) is 5.32 Å². The van der Waals surface area contributed by atoms with E-state index in [2.05, 4.69) is 5.32 Å². The lowest BCUT2D eigenvalue weighted by Gasteiger charge is -2.13. The third kappa shape index (κ3) is 5.32. The van der Waals surface area contributed by atoms with Crippen LogP contribution in [-0.2, 0) is 19.6 Å². The second kappa shape index (κ2) is 8.88. The Bertz CT molecular complexity index is 967. The first-order valence-electron chi connectivity index (χ1n) is 8.74. The molecule has 7 nitrogen and oxygen atoms in total. The fraction of sp³-hybridized carbons (Fsp3) is 0.300. The molecule has 0 saturated carbocycles. The van der Waals surface area contributed by atoms with Gasteiger partial charge < -0.3 is 14.2 Å². The van der Waals surface area contributed by atoms with Gasteiger partial charge in [-0.05, 0) is 69.2 Å². The highest BCUT2D eigenvalue weighted by Gasteiger charge is 2.21. The molecule has 1 atom stereocenters. The summed E-state index contributed by atoms with van der Waals surface area (Å²) in [4.78, 5) is 23.8. The first kappa shape index (κ1) is 21.4. The van der Waals surface area contributed by atoms with Gasteiger partial charge in [-0.25, -0.2) is 4.79 Å². The average molecular weight is 405 g/mol. The maximum Gasteiger partial charge on any atom is 0.339 e. The highest BCUT2D eigenvalue weighted by molar-refractivity contribution is 7.87. The fourth-order valence-electron chi connectivity index (χ4n) is 2.39. The highest BCUT2D eigenvalue weighted by atomic mass is 32.2. The molecule has 0 heterocycles. The van der Waals surface area contributed by atoms with E-state index in [-0.39, 0.29) is 16.2 Å². The lowest BCUT2D eigenvalue weighted by Crippen LogP contribution is -2.35. The third-order valence-electron chi connectivity index (χ3n) is 3.91. The number of esters is 1. The molecule has 8 heteroatoms. The zero-order valence-corrected chi connectivity index (χ0v) is 17.0. The molecule has 0 aliphatic heterocycles. The summed E-state index contributed by atoms with van der Waals surface area (Å²) in [6.45, 7) is 7.14. The molecule has 0 spiro atoms. The Balaban J connectivity index is 2.11. The Hall–Kier alpha value is -2.87. The number of carbonyl (C=O) groups excluding carboxylic acids is 2. The van der Waals surface area contributed by atoms with Gasteiger partial charge in [0, 0.05) is 6.54 Å². The van der Waals surface area contributed by atoms with E-state index >= 15 is 0 Å². The topological polar surface area (TPSA) is 98.8 Å². The molecular weight excluding hydrogens is 382 g/mol. The number of ether oxygens (including phenoxy) is 1. The van der Waals surface area contributed by atoms with Crippen LogP contribution >= 0.6 is 0 Å². The average Bonchev–Trinajstić information content (AvgIpc) is 2.64. The number of benzene rings is 2. The molecule has 28 heavy (non-hydrogen) atoms. The van der Waals surface area contributed by atoms with E-state index in [0.717, 1.165) is 5.56 Å². The van der Waals surface area contributed by atoms with E-state index in [1.165, 1.54) is 31.2 Å². The molecule has 150 valence electrons. The first-order chi connectivity index (χ1) is 13.1. The molecule has 0 aromatic heterocycles. The Kier molecular flexibility index (Phi) is 6.80. The third-order valence-corrected chi connectivity index (χ3v) is 5.30. The number of nitrogens with one attached hydrogen (secondary N) is 1. The van der Waals surface area contributed by atoms with E-state index in [0.29, 0.717) is 12.1 Å². The summed E-state index contributed by atoms with van der Waals surface area (Å²) >= 11 is 0. The maximum atomic E-state index is 12.5. The second-order valence-corrected chi connectivity index (χ2v) is 7.79. The van der Waals surface area contributed by atoms with Crippen molar-refractivity contribution in [2.75, 3.05) is 6.54 Å². The van der Waals surface area contributed by atoms with Gasteiger partial charge in [-0.3, -0.25) is 4.79 Å². The van der Waals surface area contributed by atoms with Crippen LogP contribution in [0.2, 0.25) is 0 Å². The van der Waals surface area contributed by atoms with E-state index in [1.807, 2.05) is 6.07 Å². The predicted octanol–water partition coefficient (Wildman–Crippen LogP) is 2.75. The standard InChI is InChI=1S/C20H23NO6S/c1-5-21-19(22)15(4)26-20(23)16-8-10-17(11-9-16)27-28(24,25)18-12-13(2)6-7-14(18)3/h6-12,15H,5H2,1-4H3,(H,21,22)/t15-/m0/s1. The number of amides is 1. The molecule has 2 aromatic rings. The van der Waals surface area contributed by atoms with Crippen molar-refractivity contribution in [3.8, 4) is 5.75 Å². The van der Waals surface area contributed by atoms with Gasteiger partial charge in [-0.1, -0.05) is 12.1 Å². The SMILES string of the molecule is CCNC(=O)[C@H](C)OC(=O)c1ccc(OS(=O)(=O)c2cc(C)ccc2C)cc1. The van der Waals surface area contributed by atoms with Crippen LogP contribution in [0.3, 0.4) is 0 Å². The van der Waals surface area contributed by atoms with Crippen molar-refractivity contribution in [3.63, 3.8) is 0 Å². The monoisotopic (exact) mass is 405 g/mol. The van der Waals surface area contributed by atoms with Crippen LogP contribution in [0.4, 0.5) is 0 Å². The summed E-state index contributed by atoms with van der Waals surface area (Å²) in [5.41, 5.74) is 1.55. The van der Waals surface area contributed by atoms with Crippen molar-refractivity contribution in [2.24, 2.45) is 0 Å². The molecule has 0 aliphatic rings. The summed E-state index contributed by atoms with van der Waals surface area (Å²) in [5.74, 6) is -1.02. The van der Waals surface area contributed by atoms with Gasteiger partial charge in [-0.15, -0.1) is 0 Å². The highest BCUT2D eigenvalue weighted by Crippen LogP contribution is 2.23. The van der Waals surface area contributed by atoms with Gasteiger partial charge in [0.05, 0.1) is 5.56 Å². The minimum absolute atomic E-state index is 0.0641. The number of rotatable bonds is 7. The first-order valence-corrected chi connectivity index (χ1v) is 10.2. The van der Waals surface area contributed by atoms with Gasteiger partial charge in [0.25, 0.3) is 5.91 Å². The molecule has 2 aromatic carbocycles. The van der Waals surface area contributed by atoms with Gasteiger partial charge in [0.15, 0.2) is 6.10 Å². The molecule has 0 bridgehead atoms. The number of hydrogen-bond acceptors (Lipinski definition) is 6. The van der Waals surface area contributed by atoms with Crippen LogP contribution in [0.1, 0.15) is 35.3 Å². The van der Waals surface area contributed by atoms with Crippen LogP contribution in [0, 0.1) is 13.8 Å². The minimum atomic E-state index is -4.01. The molecule has 0 unspecified atom stereocenters. The molecule has 0 fully saturated rings. The van der Waals surface area contributed by atoms with Crippen LogP contribution < -0.4 is 9.50 Å². The zero-order valence-electron chi connectivity index (χ0n) is 16.2. The Labute approximate surface area is 164 Å². The largest absolute Gasteiger partial charge is 0.449 e. The van der Waals surface area contributed by atoms with E-state index < -0.39 is 28.1 Å². The maximum absolute atomic E-state index is 12.5. The Morgan fingerprint density at radius 1 is 1.07 bits per heavy atom. The smallest absolute Gasteiger partial charge is 0.339 e. The van der Waals surface area contributed by atoms with Crippen LogP contribution in [0.25, 0.3) is 0 Å². The number of aryl methyl sites for hydroxylation is 2. The Morgan fingerprint density at radius 2 is 1.71 bits per heavy atom.